The first-order valence-corrected chi connectivity index (χ1v) is 5.76. The molecular weight excluding hydrogens is 236 g/mol. The molecule has 0 aromatic carbocycles. The van der Waals surface area contributed by atoms with Gasteiger partial charge in [-0.1, -0.05) is 0 Å². The van der Waals surface area contributed by atoms with Crippen LogP contribution in [0.25, 0.3) is 0 Å². The molecule has 2 atom stereocenters. The fourth-order valence-corrected chi connectivity index (χ4v) is 1.74. The van der Waals surface area contributed by atoms with Crippen LogP contribution in [0.1, 0.15) is 17.4 Å². The Morgan fingerprint density at radius 1 is 1.56 bits per heavy atom. The maximum absolute atomic E-state index is 11.1. The van der Waals surface area contributed by atoms with Gasteiger partial charge in [0.1, 0.15) is 12.7 Å². The predicted molar refractivity (Wildman–Crippen MR) is 63.2 cm³/mol. The highest BCUT2D eigenvalue weighted by molar-refractivity contribution is 5.92. The van der Waals surface area contributed by atoms with Gasteiger partial charge in [0.25, 0.3) is 5.91 Å². The van der Waals surface area contributed by atoms with Crippen LogP contribution in [0.15, 0.2) is 12.4 Å². The van der Waals surface area contributed by atoms with E-state index in [0.717, 1.165) is 6.54 Å². The van der Waals surface area contributed by atoms with E-state index in [1.54, 1.807) is 0 Å². The Kier molecular flexibility index (Phi) is 4.06. The van der Waals surface area contributed by atoms with Crippen molar-refractivity contribution >= 4 is 5.91 Å². The Hall–Kier alpha value is -1.73. The van der Waals surface area contributed by atoms with E-state index in [4.69, 9.17) is 15.2 Å². The second-order valence-electron chi connectivity index (χ2n) is 4.11. The van der Waals surface area contributed by atoms with Crippen molar-refractivity contribution in [1.29, 1.82) is 0 Å². The number of rotatable bonds is 4. The summed E-state index contributed by atoms with van der Waals surface area (Å²) in [7, 11) is 0. The number of carbonyl (C=O) groups excluding carboxylic acids is 1. The summed E-state index contributed by atoms with van der Waals surface area (Å²) in [6.07, 6.45) is 2.92. The Bertz CT molecular complexity index is 427. The van der Waals surface area contributed by atoms with E-state index in [-0.39, 0.29) is 23.8 Å². The highest BCUT2D eigenvalue weighted by atomic mass is 16.5. The molecule has 98 valence electrons. The molecule has 2 unspecified atom stereocenters. The molecule has 1 aromatic rings. The van der Waals surface area contributed by atoms with Crippen molar-refractivity contribution in [2.24, 2.45) is 5.73 Å². The molecule has 1 fully saturated rings. The van der Waals surface area contributed by atoms with Gasteiger partial charge in [-0.2, -0.15) is 0 Å². The average Bonchev–Trinajstić information content (AvgIpc) is 2.37. The minimum absolute atomic E-state index is 0.0364. The summed E-state index contributed by atoms with van der Waals surface area (Å²) in [4.78, 5) is 18.9. The first-order valence-electron chi connectivity index (χ1n) is 5.76. The molecule has 7 heteroatoms. The number of aromatic nitrogens is 2. The maximum Gasteiger partial charge on any atom is 0.272 e. The van der Waals surface area contributed by atoms with Gasteiger partial charge in [-0.05, 0) is 6.92 Å². The van der Waals surface area contributed by atoms with Gasteiger partial charge in [0.05, 0.1) is 6.10 Å². The molecule has 1 aliphatic heterocycles. The number of morpholine rings is 1. The highest BCUT2D eigenvalue weighted by Crippen LogP contribution is 2.12. The van der Waals surface area contributed by atoms with Gasteiger partial charge in [0.15, 0.2) is 5.69 Å². The fraction of sp³-hybridized carbons (Fsp3) is 0.545. The van der Waals surface area contributed by atoms with E-state index in [2.05, 4.69) is 15.3 Å². The lowest BCUT2D eigenvalue weighted by atomic mass is 10.2. The smallest absolute Gasteiger partial charge is 0.272 e. The number of hydrogen-bond donors (Lipinski definition) is 2. The van der Waals surface area contributed by atoms with E-state index >= 15 is 0 Å². The molecule has 2 heterocycles. The molecule has 0 saturated carbocycles. The minimum atomic E-state index is -0.658. The third-order valence-electron chi connectivity index (χ3n) is 2.53. The predicted octanol–water partition coefficient (Wildman–Crippen LogP) is -0.669. The Morgan fingerprint density at radius 2 is 2.33 bits per heavy atom. The minimum Gasteiger partial charge on any atom is -0.473 e. The lowest BCUT2D eigenvalue weighted by Gasteiger charge is -2.28. The van der Waals surface area contributed by atoms with E-state index in [1.807, 2.05) is 6.92 Å². The normalized spacial score (nSPS) is 23.6. The quantitative estimate of drug-likeness (QED) is 0.737. The van der Waals surface area contributed by atoms with Gasteiger partial charge in [0, 0.05) is 25.5 Å². The van der Waals surface area contributed by atoms with Crippen LogP contribution in [0.2, 0.25) is 0 Å². The maximum atomic E-state index is 11.1. The lowest BCUT2D eigenvalue weighted by molar-refractivity contribution is -0.0478. The second-order valence-corrected chi connectivity index (χ2v) is 4.11. The summed E-state index contributed by atoms with van der Waals surface area (Å²) in [6.45, 7) is 3.82. The van der Waals surface area contributed by atoms with Gasteiger partial charge < -0.3 is 20.5 Å². The number of carbonyl (C=O) groups is 1. The topological polar surface area (TPSA) is 99.4 Å². The van der Waals surface area contributed by atoms with Crippen molar-refractivity contribution < 1.29 is 14.3 Å². The van der Waals surface area contributed by atoms with E-state index in [1.165, 1.54) is 12.4 Å². The van der Waals surface area contributed by atoms with Crippen molar-refractivity contribution in [2.75, 3.05) is 19.7 Å². The zero-order valence-corrected chi connectivity index (χ0v) is 10.1. The van der Waals surface area contributed by atoms with Gasteiger partial charge >= 0.3 is 0 Å². The largest absolute Gasteiger partial charge is 0.473 e. The van der Waals surface area contributed by atoms with Crippen LogP contribution in [0, 0.1) is 0 Å². The molecule has 2 rings (SSSR count). The number of nitrogens with two attached hydrogens (primary N) is 1. The highest BCUT2D eigenvalue weighted by Gasteiger charge is 2.20. The summed E-state index contributed by atoms with van der Waals surface area (Å²) >= 11 is 0. The van der Waals surface area contributed by atoms with Gasteiger partial charge in [0.2, 0.25) is 5.88 Å². The monoisotopic (exact) mass is 252 g/mol. The number of hydrogen-bond acceptors (Lipinski definition) is 6. The number of amides is 1. The third-order valence-corrected chi connectivity index (χ3v) is 2.53. The van der Waals surface area contributed by atoms with E-state index in [0.29, 0.717) is 13.2 Å². The van der Waals surface area contributed by atoms with E-state index < -0.39 is 5.91 Å². The zero-order valence-electron chi connectivity index (χ0n) is 10.1. The third kappa shape index (κ3) is 3.14. The molecule has 1 saturated heterocycles. The van der Waals surface area contributed by atoms with Crippen molar-refractivity contribution in [2.45, 2.75) is 19.1 Å². The summed E-state index contributed by atoms with van der Waals surface area (Å²) in [5, 5.41) is 3.23. The Labute approximate surface area is 105 Å². The van der Waals surface area contributed by atoms with E-state index in [9.17, 15) is 4.79 Å². The van der Waals surface area contributed by atoms with Crippen LogP contribution < -0.4 is 15.8 Å². The van der Waals surface area contributed by atoms with Gasteiger partial charge in [-0.25, -0.2) is 9.97 Å². The van der Waals surface area contributed by atoms with Crippen LogP contribution in [-0.4, -0.2) is 47.8 Å². The van der Waals surface area contributed by atoms with Gasteiger partial charge in [-0.15, -0.1) is 0 Å². The zero-order chi connectivity index (χ0) is 13.0. The molecule has 1 aliphatic rings. The van der Waals surface area contributed by atoms with Crippen LogP contribution in [0.4, 0.5) is 0 Å². The molecule has 18 heavy (non-hydrogen) atoms. The SMILES string of the molecule is CC1CNCC(COc2nccnc2C(N)=O)O1. The molecule has 1 amide bonds. The van der Waals surface area contributed by atoms with Crippen molar-refractivity contribution in [3.63, 3.8) is 0 Å². The summed E-state index contributed by atoms with van der Waals surface area (Å²) in [5.74, 6) is -0.513. The van der Waals surface area contributed by atoms with Gasteiger partial charge in [-0.3, -0.25) is 4.79 Å². The fourth-order valence-electron chi connectivity index (χ4n) is 1.74. The molecule has 1 aromatic heterocycles. The molecule has 3 N–H and O–H groups in total. The average molecular weight is 252 g/mol. The van der Waals surface area contributed by atoms with Crippen molar-refractivity contribution in [3.05, 3.63) is 18.1 Å². The molecule has 0 spiro atoms. The van der Waals surface area contributed by atoms with Crippen LogP contribution in [-0.2, 0) is 4.74 Å². The molecule has 0 bridgehead atoms. The lowest BCUT2D eigenvalue weighted by Crippen LogP contribution is -2.46. The first-order chi connectivity index (χ1) is 8.66. The molecular formula is C11H16N4O3. The van der Waals surface area contributed by atoms with Crippen molar-refractivity contribution in [3.8, 4) is 5.88 Å². The molecule has 7 nitrogen and oxygen atoms in total. The summed E-state index contributed by atoms with van der Waals surface area (Å²) in [6, 6.07) is 0. The standard InChI is InChI=1S/C11H16N4O3/c1-7-4-13-5-8(18-7)6-17-11-9(10(12)16)14-2-3-15-11/h2-3,7-8,13H,4-6H2,1H3,(H2,12,16). The van der Waals surface area contributed by atoms with Crippen LogP contribution in [0.3, 0.4) is 0 Å². The number of nitrogens with zero attached hydrogens (tertiary/aromatic N) is 2. The molecule has 0 radical (unpaired) electrons. The second kappa shape index (κ2) is 5.74. The Morgan fingerprint density at radius 3 is 3.06 bits per heavy atom. The van der Waals surface area contributed by atoms with Crippen LogP contribution in [0.5, 0.6) is 5.88 Å². The summed E-state index contributed by atoms with van der Waals surface area (Å²) in [5.41, 5.74) is 5.22. The number of ether oxygens (including phenoxy) is 2. The number of primary amides is 1. The first kappa shape index (κ1) is 12.7. The number of nitrogens with one attached hydrogen (secondary N) is 1. The van der Waals surface area contributed by atoms with Crippen LogP contribution >= 0.6 is 0 Å². The molecule has 0 aliphatic carbocycles. The van der Waals surface area contributed by atoms with Crippen molar-refractivity contribution in [1.82, 2.24) is 15.3 Å². The summed E-state index contributed by atoms with van der Waals surface area (Å²) < 4.78 is 11.1. The Balaban J connectivity index is 1.95.